The van der Waals surface area contributed by atoms with E-state index in [1.54, 1.807) is 23.1 Å². The van der Waals surface area contributed by atoms with Crippen LogP contribution >= 0.6 is 0 Å². The maximum atomic E-state index is 12.8. The van der Waals surface area contributed by atoms with Crippen LogP contribution in [0.25, 0.3) is 0 Å². The van der Waals surface area contributed by atoms with Gasteiger partial charge in [0.15, 0.2) is 5.78 Å². The Morgan fingerprint density at radius 2 is 1.84 bits per heavy atom. The largest absolute Gasteiger partial charge is 0.494 e. The van der Waals surface area contributed by atoms with Gasteiger partial charge < -0.3 is 15.4 Å². The van der Waals surface area contributed by atoms with Gasteiger partial charge in [-0.2, -0.15) is 0 Å². The van der Waals surface area contributed by atoms with Crippen LogP contribution in [0.15, 0.2) is 58.1 Å². The molecule has 1 heterocycles. The highest BCUT2D eigenvalue weighted by molar-refractivity contribution is 5.94. The predicted octanol–water partition coefficient (Wildman–Crippen LogP) is 2.79. The highest BCUT2D eigenvalue weighted by Gasteiger charge is 2.20. The van der Waals surface area contributed by atoms with Gasteiger partial charge in [-0.1, -0.05) is 30.3 Å². The second-order valence-corrected chi connectivity index (χ2v) is 7.39. The fourth-order valence-corrected chi connectivity index (χ4v) is 3.58. The number of rotatable bonds is 9. The molecule has 0 spiro atoms. The number of nitrogen functional groups attached to an aromatic ring is 1. The maximum absolute atomic E-state index is 12.8. The highest BCUT2D eigenvalue weighted by Crippen LogP contribution is 2.26. The van der Waals surface area contributed by atoms with Gasteiger partial charge in [-0.3, -0.25) is 19.1 Å². The summed E-state index contributed by atoms with van der Waals surface area (Å²) in [5.74, 6) is 0.653. The van der Waals surface area contributed by atoms with E-state index >= 15 is 0 Å². The molecule has 0 fully saturated rings. The first-order chi connectivity index (χ1) is 15.3. The average molecular weight is 437 g/mol. The number of ether oxygens (including phenoxy) is 1. The van der Waals surface area contributed by atoms with E-state index in [-0.39, 0.29) is 30.4 Å². The molecule has 32 heavy (non-hydrogen) atoms. The molecular weight excluding hydrogens is 408 g/mol. The van der Waals surface area contributed by atoms with Gasteiger partial charge in [0.1, 0.15) is 17.3 Å². The molecule has 3 aromatic rings. The fourth-order valence-electron chi connectivity index (χ4n) is 3.58. The van der Waals surface area contributed by atoms with Crippen LogP contribution in [0.1, 0.15) is 42.3 Å². The lowest BCUT2D eigenvalue weighted by atomic mass is 10.1. The molecule has 3 rings (SSSR count). The van der Waals surface area contributed by atoms with Crippen molar-refractivity contribution in [1.29, 1.82) is 0 Å². The average Bonchev–Trinajstić information content (AvgIpc) is 2.77. The first-order valence-corrected chi connectivity index (χ1v) is 10.5. The normalized spacial score (nSPS) is 10.7. The maximum Gasteiger partial charge on any atom is 0.330 e. The van der Waals surface area contributed by atoms with Gasteiger partial charge in [0, 0.05) is 24.2 Å². The summed E-state index contributed by atoms with van der Waals surface area (Å²) in [5, 5.41) is 0. The van der Waals surface area contributed by atoms with Crippen molar-refractivity contribution >= 4 is 17.3 Å². The third-order valence-corrected chi connectivity index (χ3v) is 5.22. The van der Waals surface area contributed by atoms with Crippen molar-refractivity contribution in [2.45, 2.75) is 33.9 Å². The van der Waals surface area contributed by atoms with Crippen molar-refractivity contribution in [3.8, 4) is 5.75 Å². The van der Waals surface area contributed by atoms with E-state index in [2.05, 4.69) is 4.98 Å². The summed E-state index contributed by atoms with van der Waals surface area (Å²) in [6.07, 6.45) is 0. The number of nitrogens with zero attached hydrogens (tertiary/aromatic N) is 2. The van der Waals surface area contributed by atoms with Gasteiger partial charge in [-0.05, 0) is 44.5 Å². The molecule has 0 aliphatic rings. The van der Waals surface area contributed by atoms with Gasteiger partial charge >= 0.3 is 5.69 Å². The Hall–Kier alpha value is -3.81. The van der Waals surface area contributed by atoms with E-state index in [1.165, 1.54) is 11.5 Å². The number of nitrogens with two attached hydrogens (primary N) is 1. The van der Waals surface area contributed by atoms with Crippen molar-refractivity contribution in [2.24, 2.45) is 0 Å². The molecule has 168 valence electrons. The second-order valence-electron chi connectivity index (χ2n) is 7.39. The van der Waals surface area contributed by atoms with Gasteiger partial charge in [-0.25, -0.2) is 4.79 Å². The SMILES string of the molecule is CCOc1ccc(C(C)=O)cc1CN(CC)c1c(N)n(Cc2ccccc2)c(=O)[nH]c1=O. The minimum absolute atomic E-state index is 0.0638. The van der Waals surface area contributed by atoms with E-state index in [9.17, 15) is 14.4 Å². The van der Waals surface area contributed by atoms with E-state index in [4.69, 9.17) is 10.5 Å². The van der Waals surface area contributed by atoms with Crippen molar-refractivity contribution in [2.75, 3.05) is 23.8 Å². The number of benzene rings is 2. The Morgan fingerprint density at radius 1 is 1.12 bits per heavy atom. The number of hydrogen-bond donors (Lipinski definition) is 2. The lowest BCUT2D eigenvalue weighted by molar-refractivity contribution is 0.101. The number of anilines is 2. The standard InChI is InChI=1S/C24H28N4O4/c1-4-27(15-19-13-18(16(3)29)11-12-20(19)32-5-2)21-22(25)28(24(31)26-23(21)30)14-17-9-7-6-8-10-17/h6-13H,4-5,14-15,25H2,1-3H3,(H,26,30,31). The smallest absolute Gasteiger partial charge is 0.330 e. The van der Waals surface area contributed by atoms with Crippen LogP contribution in [0.5, 0.6) is 5.75 Å². The Labute approximate surface area is 186 Å². The van der Waals surface area contributed by atoms with E-state index in [1.807, 2.05) is 44.2 Å². The number of H-pyrrole nitrogens is 1. The first kappa shape index (κ1) is 22.9. The van der Waals surface area contributed by atoms with E-state index < -0.39 is 11.2 Å². The molecule has 8 nitrogen and oxygen atoms in total. The van der Waals surface area contributed by atoms with Crippen LogP contribution in [0, 0.1) is 0 Å². The quantitative estimate of drug-likeness (QED) is 0.499. The zero-order chi connectivity index (χ0) is 23.3. The molecule has 8 heteroatoms. The molecule has 0 saturated carbocycles. The van der Waals surface area contributed by atoms with Crippen LogP contribution in [0.2, 0.25) is 0 Å². The molecule has 0 radical (unpaired) electrons. The predicted molar refractivity (Wildman–Crippen MR) is 126 cm³/mol. The number of hydrogen-bond acceptors (Lipinski definition) is 6. The number of aromatic nitrogens is 2. The van der Waals surface area contributed by atoms with Crippen LogP contribution in [0.3, 0.4) is 0 Å². The Balaban J connectivity index is 2.05. The number of ketones is 1. The van der Waals surface area contributed by atoms with Crippen molar-refractivity contribution in [3.63, 3.8) is 0 Å². The summed E-state index contributed by atoms with van der Waals surface area (Å²) in [4.78, 5) is 41.3. The summed E-state index contributed by atoms with van der Waals surface area (Å²) in [7, 11) is 0. The third-order valence-electron chi connectivity index (χ3n) is 5.22. The number of Topliss-reactive ketones (excluding diaryl/α,β-unsaturated/α-hetero) is 1. The molecular formula is C24H28N4O4. The summed E-state index contributed by atoms with van der Waals surface area (Å²) >= 11 is 0. The van der Waals surface area contributed by atoms with Gasteiger partial charge in [0.25, 0.3) is 5.56 Å². The summed E-state index contributed by atoms with van der Waals surface area (Å²) in [5.41, 5.74) is 7.63. The number of carbonyl (C=O) groups is 1. The lowest BCUT2D eigenvalue weighted by Gasteiger charge is -2.26. The molecule has 0 atom stereocenters. The number of aromatic amines is 1. The van der Waals surface area contributed by atoms with Crippen LogP contribution < -0.4 is 26.6 Å². The minimum atomic E-state index is -0.565. The number of nitrogens with one attached hydrogen (secondary N) is 1. The molecule has 3 N–H and O–H groups in total. The van der Waals surface area contributed by atoms with Crippen LogP contribution in [0.4, 0.5) is 11.5 Å². The molecule has 0 amide bonds. The fraction of sp³-hybridized carbons (Fsp3) is 0.292. The van der Waals surface area contributed by atoms with E-state index in [0.717, 1.165) is 11.1 Å². The topological polar surface area (TPSA) is 110 Å². The van der Waals surface area contributed by atoms with Crippen molar-refractivity contribution < 1.29 is 9.53 Å². The zero-order valence-corrected chi connectivity index (χ0v) is 18.6. The first-order valence-electron chi connectivity index (χ1n) is 10.5. The molecule has 2 aromatic carbocycles. The molecule has 0 unspecified atom stereocenters. The third kappa shape index (κ3) is 4.91. The highest BCUT2D eigenvalue weighted by atomic mass is 16.5. The Morgan fingerprint density at radius 3 is 2.47 bits per heavy atom. The van der Waals surface area contributed by atoms with Gasteiger partial charge in [0.2, 0.25) is 0 Å². The minimum Gasteiger partial charge on any atom is -0.494 e. The Bertz CT molecular complexity index is 1210. The van der Waals surface area contributed by atoms with Gasteiger partial charge in [-0.15, -0.1) is 0 Å². The Kier molecular flexibility index (Phi) is 7.14. The summed E-state index contributed by atoms with van der Waals surface area (Å²) in [6, 6.07) is 14.6. The summed E-state index contributed by atoms with van der Waals surface area (Å²) in [6.45, 7) is 6.69. The van der Waals surface area contributed by atoms with Crippen LogP contribution in [-0.2, 0) is 13.1 Å². The van der Waals surface area contributed by atoms with E-state index in [0.29, 0.717) is 24.5 Å². The monoisotopic (exact) mass is 436 g/mol. The van der Waals surface area contributed by atoms with Crippen LogP contribution in [-0.4, -0.2) is 28.5 Å². The van der Waals surface area contributed by atoms with Gasteiger partial charge in [0.05, 0.1) is 13.2 Å². The van der Waals surface area contributed by atoms with Crippen molar-refractivity contribution in [3.05, 3.63) is 86.1 Å². The molecule has 0 saturated heterocycles. The number of carbonyl (C=O) groups excluding carboxylic acids is 1. The second kappa shape index (κ2) is 10.00. The lowest BCUT2D eigenvalue weighted by Crippen LogP contribution is -2.38. The zero-order valence-electron chi connectivity index (χ0n) is 18.6. The van der Waals surface area contributed by atoms with Crippen molar-refractivity contribution in [1.82, 2.24) is 9.55 Å². The molecule has 1 aromatic heterocycles. The molecule has 0 aliphatic carbocycles. The molecule has 0 bridgehead atoms. The molecule has 0 aliphatic heterocycles. The summed E-state index contributed by atoms with van der Waals surface area (Å²) < 4.78 is 7.08.